The average molecular weight is 298 g/mol. The number of rotatable bonds is 1. The summed E-state index contributed by atoms with van der Waals surface area (Å²) in [6.45, 7) is 6.07. The highest BCUT2D eigenvalue weighted by Gasteiger charge is 2.22. The van der Waals surface area contributed by atoms with E-state index in [1.807, 2.05) is 25.3 Å². The number of nitrogens with zero attached hydrogens (tertiary/aromatic N) is 3. The molecule has 0 saturated heterocycles. The quantitative estimate of drug-likeness (QED) is 0.805. The van der Waals surface area contributed by atoms with Crippen LogP contribution in [0.4, 0.5) is 4.39 Å². The van der Waals surface area contributed by atoms with Crippen molar-refractivity contribution in [3.05, 3.63) is 34.8 Å². The summed E-state index contributed by atoms with van der Waals surface area (Å²) in [5.41, 5.74) is 0.250. The molecule has 0 N–H and O–H groups in total. The Morgan fingerprint density at radius 2 is 2.00 bits per heavy atom. The van der Waals surface area contributed by atoms with Crippen LogP contribution in [0, 0.1) is 5.82 Å². The van der Waals surface area contributed by atoms with Crippen LogP contribution >= 0.6 is 15.9 Å². The molecule has 0 amide bonds. The van der Waals surface area contributed by atoms with Gasteiger partial charge in [0.2, 0.25) is 0 Å². The maximum atomic E-state index is 13.9. The molecule has 0 unspecified atom stereocenters. The molecule has 90 valence electrons. The van der Waals surface area contributed by atoms with E-state index in [9.17, 15) is 4.39 Å². The predicted molar refractivity (Wildman–Crippen MR) is 68.1 cm³/mol. The van der Waals surface area contributed by atoms with Gasteiger partial charge in [-0.3, -0.25) is 0 Å². The fourth-order valence-corrected chi connectivity index (χ4v) is 2.13. The molecule has 0 fully saturated rings. The van der Waals surface area contributed by atoms with Gasteiger partial charge < -0.3 is 4.57 Å². The summed E-state index contributed by atoms with van der Waals surface area (Å²) in [6, 6.07) is 4.86. The number of aromatic nitrogens is 3. The Kier molecular flexibility index (Phi) is 3.03. The number of benzene rings is 1. The predicted octanol–water partition coefficient (Wildman–Crippen LogP) is 3.60. The van der Waals surface area contributed by atoms with Crippen molar-refractivity contribution in [2.75, 3.05) is 0 Å². The molecule has 0 bridgehead atoms. The molecule has 3 nitrogen and oxygen atoms in total. The molecule has 0 aliphatic carbocycles. The minimum absolute atomic E-state index is 0.194. The second-order valence-electron chi connectivity index (χ2n) is 4.79. The van der Waals surface area contributed by atoms with E-state index in [4.69, 9.17) is 0 Å². The molecule has 0 radical (unpaired) electrons. The first-order valence-corrected chi connectivity index (χ1v) is 6.05. The topological polar surface area (TPSA) is 30.7 Å². The monoisotopic (exact) mass is 297 g/mol. The maximum Gasteiger partial charge on any atom is 0.168 e. The fourth-order valence-electron chi connectivity index (χ4n) is 1.61. The Morgan fingerprint density at radius 1 is 1.29 bits per heavy atom. The van der Waals surface area contributed by atoms with Crippen LogP contribution in [0.25, 0.3) is 11.4 Å². The largest absolute Gasteiger partial charge is 0.308 e. The highest BCUT2D eigenvalue weighted by atomic mass is 79.9. The molecule has 1 heterocycles. The summed E-state index contributed by atoms with van der Waals surface area (Å²) in [5.74, 6) is 0.223. The van der Waals surface area contributed by atoms with Gasteiger partial charge in [0.05, 0.1) is 5.56 Å². The summed E-state index contributed by atoms with van der Waals surface area (Å²) in [6.07, 6.45) is 1.62. The molecule has 0 spiro atoms. The van der Waals surface area contributed by atoms with Crippen LogP contribution in [-0.4, -0.2) is 14.8 Å². The first-order chi connectivity index (χ1) is 7.91. The second kappa shape index (κ2) is 4.22. The van der Waals surface area contributed by atoms with Crippen LogP contribution < -0.4 is 0 Å². The zero-order valence-corrected chi connectivity index (χ0v) is 11.5. The van der Waals surface area contributed by atoms with Crippen molar-refractivity contribution in [2.24, 2.45) is 0 Å². The number of halogens is 2. The molecule has 0 aliphatic rings. The van der Waals surface area contributed by atoms with Gasteiger partial charge in [0.15, 0.2) is 5.82 Å². The lowest BCUT2D eigenvalue weighted by Gasteiger charge is -2.22. The number of hydrogen-bond acceptors (Lipinski definition) is 2. The highest BCUT2D eigenvalue weighted by Crippen LogP contribution is 2.31. The van der Waals surface area contributed by atoms with Gasteiger partial charge in [0.1, 0.15) is 12.1 Å². The first kappa shape index (κ1) is 12.2. The molecule has 1 aromatic carbocycles. The Morgan fingerprint density at radius 3 is 2.59 bits per heavy atom. The molecule has 2 rings (SSSR count). The van der Waals surface area contributed by atoms with E-state index in [0.717, 1.165) is 0 Å². The lowest BCUT2D eigenvalue weighted by Crippen LogP contribution is -2.22. The Hall–Kier alpha value is -1.23. The van der Waals surface area contributed by atoms with Gasteiger partial charge in [-0.05, 0) is 48.8 Å². The van der Waals surface area contributed by atoms with E-state index < -0.39 is 0 Å². The summed E-state index contributed by atoms with van der Waals surface area (Å²) < 4.78 is 16.4. The van der Waals surface area contributed by atoms with Gasteiger partial charge in [-0.25, -0.2) is 4.39 Å². The van der Waals surface area contributed by atoms with Crippen molar-refractivity contribution in [1.29, 1.82) is 0 Å². The number of hydrogen-bond donors (Lipinski definition) is 0. The average Bonchev–Trinajstić information content (AvgIpc) is 2.65. The van der Waals surface area contributed by atoms with Gasteiger partial charge in [0, 0.05) is 10.0 Å². The van der Waals surface area contributed by atoms with Gasteiger partial charge in [-0.2, -0.15) is 0 Å². The van der Waals surface area contributed by atoms with Gasteiger partial charge in [-0.15, -0.1) is 10.2 Å². The standard InChI is InChI=1S/C12H13BrFN3/c1-12(2,3)17-7-15-16-11(17)10-8(13)5-4-6-9(10)14/h4-7H,1-3H3. The van der Waals surface area contributed by atoms with Crippen molar-refractivity contribution in [2.45, 2.75) is 26.3 Å². The van der Waals surface area contributed by atoms with E-state index in [0.29, 0.717) is 15.9 Å². The van der Waals surface area contributed by atoms with Crippen LogP contribution in [-0.2, 0) is 5.54 Å². The Bertz CT molecular complexity index is 523. The van der Waals surface area contributed by atoms with Gasteiger partial charge in [-0.1, -0.05) is 6.07 Å². The normalized spacial score (nSPS) is 11.8. The minimum Gasteiger partial charge on any atom is -0.308 e. The van der Waals surface area contributed by atoms with Crippen molar-refractivity contribution >= 4 is 15.9 Å². The summed E-state index contributed by atoms with van der Waals surface area (Å²) in [5, 5.41) is 7.89. The summed E-state index contributed by atoms with van der Waals surface area (Å²) in [7, 11) is 0. The molecule has 17 heavy (non-hydrogen) atoms. The fraction of sp³-hybridized carbons (Fsp3) is 0.333. The van der Waals surface area contributed by atoms with E-state index in [1.165, 1.54) is 6.07 Å². The third-order valence-electron chi connectivity index (χ3n) is 2.46. The summed E-state index contributed by atoms with van der Waals surface area (Å²) in [4.78, 5) is 0. The van der Waals surface area contributed by atoms with E-state index >= 15 is 0 Å². The SMILES string of the molecule is CC(C)(C)n1cnnc1-c1c(F)cccc1Br. The molecular formula is C12H13BrFN3. The van der Waals surface area contributed by atoms with Crippen molar-refractivity contribution < 1.29 is 4.39 Å². The van der Waals surface area contributed by atoms with Crippen molar-refractivity contribution in [3.8, 4) is 11.4 Å². The first-order valence-electron chi connectivity index (χ1n) is 5.26. The third-order valence-corrected chi connectivity index (χ3v) is 3.12. The van der Waals surface area contributed by atoms with E-state index in [1.54, 1.807) is 18.5 Å². The zero-order chi connectivity index (χ0) is 12.6. The smallest absolute Gasteiger partial charge is 0.168 e. The molecule has 0 aliphatic heterocycles. The van der Waals surface area contributed by atoms with Crippen molar-refractivity contribution in [3.63, 3.8) is 0 Å². The minimum atomic E-state index is -0.308. The third kappa shape index (κ3) is 2.24. The second-order valence-corrected chi connectivity index (χ2v) is 5.65. The van der Waals surface area contributed by atoms with Gasteiger partial charge >= 0.3 is 0 Å². The van der Waals surface area contributed by atoms with Crippen LogP contribution in [0.15, 0.2) is 29.0 Å². The molecule has 5 heteroatoms. The van der Waals surface area contributed by atoms with Crippen molar-refractivity contribution in [1.82, 2.24) is 14.8 Å². The van der Waals surface area contributed by atoms with Crippen LogP contribution in [0.2, 0.25) is 0 Å². The lowest BCUT2D eigenvalue weighted by atomic mass is 10.1. The highest BCUT2D eigenvalue weighted by molar-refractivity contribution is 9.10. The van der Waals surface area contributed by atoms with E-state index in [-0.39, 0.29) is 11.4 Å². The Balaban J connectivity index is 2.66. The molecule has 0 atom stereocenters. The van der Waals surface area contributed by atoms with Crippen LogP contribution in [0.1, 0.15) is 20.8 Å². The molecule has 1 aromatic heterocycles. The lowest BCUT2D eigenvalue weighted by molar-refractivity contribution is 0.399. The van der Waals surface area contributed by atoms with E-state index in [2.05, 4.69) is 26.1 Å². The summed E-state index contributed by atoms with van der Waals surface area (Å²) >= 11 is 3.35. The van der Waals surface area contributed by atoms with Crippen LogP contribution in [0.3, 0.4) is 0 Å². The van der Waals surface area contributed by atoms with Gasteiger partial charge in [0.25, 0.3) is 0 Å². The van der Waals surface area contributed by atoms with Crippen LogP contribution in [0.5, 0.6) is 0 Å². The maximum absolute atomic E-state index is 13.9. The molecule has 0 saturated carbocycles. The molecular weight excluding hydrogens is 285 g/mol. The Labute approximate surface area is 108 Å². The molecule has 2 aromatic rings. The zero-order valence-electron chi connectivity index (χ0n) is 9.91.